The molecule has 96 valence electrons. The van der Waals surface area contributed by atoms with Crippen molar-refractivity contribution in [3.63, 3.8) is 0 Å². The molecule has 0 fully saturated rings. The Bertz CT molecular complexity index is 639. The fourth-order valence-corrected chi connectivity index (χ4v) is 1.72. The van der Waals surface area contributed by atoms with Crippen molar-refractivity contribution >= 4 is 5.69 Å². The van der Waals surface area contributed by atoms with Crippen LogP contribution in [0.3, 0.4) is 0 Å². The molecule has 0 aromatic carbocycles. The summed E-state index contributed by atoms with van der Waals surface area (Å²) in [6.07, 6.45) is 8.68. The number of hydrogen-bond acceptors (Lipinski definition) is 5. The maximum atomic E-state index is 4.32. The highest BCUT2D eigenvalue weighted by molar-refractivity contribution is 5.43. The van der Waals surface area contributed by atoms with Gasteiger partial charge in [0.15, 0.2) is 5.82 Å². The molecular weight excluding hydrogens is 242 g/mol. The van der Waals surface area contributed by atoms with Crippen molar-refractivity contribution in [3.05, 3.63) is 48.9 Å². The first-order chi connectivity index (χ1) is 9.31. The summed E-state index contributed by atoms with van der Waals surface area (Å²) in [5, 5.41) is 11.4. The first kappa shape index (κ1) is 11.4. The number of pyridine rings is 1. The number of aryl methyl sites for hydroxylation is 1. The zero-order chi connectivity index (χ0) is 13.1. The third-order valence-corrected chi connectivity index (χ3v) is 2.66. The Kier molecular flexibility index (Phi) is 2.93. The minimum absolute atomic E-state index is 0.720. The summed E-state index contributed by atoms with van der Waals surface area (Å²) in [5.74, 6) is 0.740. The van der Waals surface area contributed by atoms with Crippen LogP contribution in [0.4, 0.5) is 5.69 Å². The van der Waals surface area contributed by atoms with Crippen molar-refractivity contribution in [2.24, 2.45) is 7.05 Å². The third-order valence-electron chi connectivity index (χ3n) is 2.66. The van der Waals surface area contributed by atoms with Crippen LogP contribution in [0.25, 0.3) is 5.82 Å². The minimum Gasteiger partial charge on any atom is -0.380 e. The highest BCUT2D eigenvalue weighted by Crippen LogP contribution is 2.10. The highest BCUT2D eigenvalue weighted by Gasteiger charge is 2.00. The van der Waals surface area contributed by atoms with Crippen molar-refractivity contribution in [3.8, 4) is 5.82 Å². The van der Waals surface area contributed by atoms with E-state index in [2.05, 4.69) is 25.5 Å². The fraction of sp³-hybridized carbons (Fsp3) is 0.167. The van der Waals surface area contributed by atoms with Gasteiger partial charge in [-0.2, -0.15) is 10.2 Å². The van der Waals surface area contributed by atoms with E-state index in [0.717, 1.165) is 23.6 Å². The molecule has 3 aromatic heterocycles. The number of hydrogen-bond donors (Lipinski definition) is 1. The lowest BCUT2D eigenvalue weighted by atomic mass is 10.3. The highest BCUT2D eigenvalue weighted by atomic mass is 15.3. The molecule has 0 amide bonds. The lowest BCUT2D eigenvalue weighted by Crippen LogP contribution is -2.01. The van der Waals surface area contributed by atoms with Gasteiger partial charge in [0.1, 0.15) is 12.7 Å². The van der Waals surface area contributed by atoms with E-state index in [9.17, 15) is 0 Å². The van der Waals surface area contributed by atoms with Crippen molar-refractivity contribution in [1.82, 2.24) is 29.5 Å². The standard InChI is InChI=1S/C12H13N7/c1-18-7-10(5-16-18)4-14-11-2-3-12(15-6-11)19-9-13-8-17-19/h2-3,5-9,14H,4H2,1H3. The van der Waals surface area contributed by atoms with Gasteiger partial charge in [-0.05, 0) is 12.1 Å². The topological polar surface area (TPSA) is 73.5 Å². The van der Waals surface area contributed by atoms with Crippen LogP contribution in [0.1, 0.15) is 5.56 Å². The lowest BCUT2D eigenvalue weighted by Gasteiger charge is -2.05. The van der Waals surface area contributed by atoms with Crippen LogP contribution in [0.5, 0.6) is 0 Å². The summed E-state index contributed by atoms with van der Waals surface area (Å²) >= 11 is 0. The van der Waals surface area contributed by atoms with Crippen molar-refractivity contribution < 1.29 is 0 Å². The zero-order valence-corrected chi connectivity index (χ0v) is 10.4. The fourth-order valence-electron chi connectivity index (χ4n) is 1.72. The average Bonchev–Trinajstić information content (AvgIpc) is 3.08. The molecule has 0 bridgehead atoms. The second kappa shape index (κ2) is 4.89. The Balaban J connectivity index is 1.66. The molecule has 1 N–H and O–H groups in total. The molecule has 0 aliphatic heterocycles. The second-order valence-electron chi connectivity index (χ2n) is 4.12. The monoisotopic (exact) mass is 255 g/mol. The van der Waals surface area contributed by atoms with Crippen LogP contribution in [0.15, 0.2) is 43.4 Å². The molecule has 0 atom stereocenters. The predicted octanol–water partition coefficient (Wildman–Crippen LogP) is 1.01. The summed E-state index contributed by atoms with van der Waals surface area (Å²) in [5.41, 5.74) is 2.08. The number of rotatable bonds is 4. The van der Waals surface area contributed by atoms with E-state index in [1.54, 1.807) is 21.9 Å². The van der Waals surface area contributed by atoms with Gasteiger partial charge < -0.3 is 5.32 Å². The molecule has 0 radical (unpaired) electrons. The Morgan fingerprint density at radius 2 is 2.16 bits per heavy atom. The smallest absolute Gasteiger partial charge is 0.155 e. The molecule has 7 nitrogen and oxygen atoms in total. The molecule has 0 aliphatic rings. The lowest BCUT2D eigenvalue weighted by molar-refractivity contribution is 0.767. The van der Waals surface area contributed by atoms with E-state index < -0.39 is 0 Å². The molecule has 0 unspecified atom stereocenters. The SMILES string of the molecule is Cn1cc(CNc2ccc(-n3cncn3)nc2)cn1. The van der Waals surface area contributed by atoms with Crippen LogP contribution in [0.2, 0.25) is 0 Å². The van der Waals surface area contributed by atoms with Gasteiger partial charge in [-0.3, -0.25) is 4.68 Å². The van der Waals surface area contributed by atoms with E-state index in [0.29, 0.717) is 0 Å². The number of nitrogens with one attached hydrogen (secondary N) is 1. The number of aromatic nitrogens is 6. The predicted molar refractivity (Wildman–Crippen MR) is 69.7 cm³/mol. The maximum absolute atomic E-state index is 4.32. The molecule has 3 heterocycles. The van der Waals surface area contributed by atoms with Gasteiger partial charge >= 0.3 is 0 Å². The molecule has 7 heteroatoms. The largest absolute Gasteiger partial charge is 0.380 e. The molecular formula is C12H13N7. The molecule has 3 rings (SSSR count). The van der Waals surface area contributed by atoms with Crippen LogP contribution in [-0.4, -0.2) is 29.5 Å². The molecule has 0 saturated carbocycles. The molecule has 19 heavy (non-hydrogen) atoms. The first-order valence-electron chi connectivity index (χ1n) is 5.84. The molecule has 3 aromatic rings. The van der Waals surface area contributed by atoms with Gasteiger partial charge in [-0.15, -0.1) is 0 Å². The second-order valence-corrected chi connectivity index (χ2v) is 4.12. The Morgan fingerprint density at radius 3 is 2.79 bits per heavy atom. The summed E-state index contributed by atoms with van der Waals surface area (Å²) in [4.78, 5) is 8.20. The minimum atomic E-state index is 0.720. The summed E-state index contributed by atoms with van der Waals surface area (Å²) in [6, 6.07) is 3.85. The molecule has 0 spiro atoms. The van der Waals surface area contributed by atoms with Crippen molar-refractivity contribution in [2.45, 2.75) is 6.54 Å². The summed E-state index contributed by atoms with van der Waals surface area (Å²) in [7, 11) is 1.90. The number of anilines is 1. The summed E-state index contributed by atoms with van der Waals surface area (Å²) in [6.45, 7) is 0.720. The van der Waals surface area contributed by atoms with E-state index in [1.165, 1.54) is 6.33 Å². The Labute approximate surface area is 109 Å². The first-order valence-corrected chi connectivity index (χ1v) is 5.84. The molecule has 0 aliphatic carbocycles. The maximum Gasteiger partial charge on any atom is 0.155 e. The van der Waals surface area contributed by atoms with E-state index in [4.69, 9.17) is 0 Å². The normalized spacial score (nSPS) is 10.6. The van der Waals surface area contributed by atoms with Gasteiger partial charge in [-0.1, -0.05) is 0 Å². The van der Waals surface area contributed by atoms with Gasteiger partial charge in [0.25, 0.3) is 0 Å². The van der Waals surface area contributed by atoms with Crippen LogP contribution in [-0.2, 0) is 13.6 Å². The van der Waals surface area contributed by atoms with Gasteiger partial charge in [0.05, 0.1) is 18.1 Å². The van der Waals surface area contributed by atoms with Gasteiger partial charge in [0.2, 0.25) is 0 Å². The van der Waals surface area contributed by atoms with Crippen LogP contribution in [0, 0.1) is 0 Å². The van der Waals surface area contributed by atoms with Crippen molar-refractivity contribution in [1.29, 1.82) is 0 Å². The van der Waals surface area contributed by atoms with E-state index >= 15 is 0 Å². The van der Waals surface area contributed by atoms with Gasteiger partial charge in [-0.25, -0.2) is 14.6 Å². The summed E-state index contributed by atoms with van der Waals surface area (Å²) < 4.78 is 3.40. The average molecular weight is 255 g/mol. The third kappa shape index (κ3) is 2.59. The Hall–Kier alpha value is -2.70. The quantitative estimate of drug-likeness (QED) is 0.753. The Morgan fingerprint density at radius 1 is 1.21 bits per heavy atom. The van der Waals surface area contributed by atoms with Crippen LogP contribution < -0.4 is 5.32 Å². The van der Waals surface area contributed by atoms with E-state index in [-0.39, 0.29) is 0 Å². The molecule has 0 saturated heterocycles. The van der Waals surface area contributed by atoms with Crippen molar-refractivity contribution in [2.75, 3.05) is 5.32 Å². The zero-order valence-electron chi connectivity index (χ0n) is 10.4. The van der Waals surface area contributed by atoms with E-state index in [1.807, 2.05) is 31.6 Å². The number of nitrogens with zero attached hydrogens (tertiary/aromatic N) is 6. The van der Waals surface area contributed by atoms with Crippen LogP contribution >= 0.6 is 0 Å². The van der Waals surface area contributed by atoms with Gasteiger partial charge in [0, 0.05) is 25.4 Å².